The Bertz CT molecular complexity index is 902. The molecule has 1 aliphatic heterocycles. The van der Waals surface area contributed by atoms with Crippen LogP contribution in [0.15, 0.2) is 0 Å². The topological polar surface area (TPSA) is 136 Å². The van der Waals surface area contributed by atoms with Crippen molar-refractivity contribution in [2.75, 3.05) is 6.61 Å². The van der Waals surface area contributed by atoms with E-state index in [-0.39, 0.29) is 36.6 Å². The Morgan fingerprint density at radius 3 is 2.34 bits per heavy atom. The summed E-state index contributed by atoms with van der Waals surface area (Å²) in [5.41, 5.74) is 0. The number of carbonyl (C=O) groups excluding carboxylic acids is 3. The first kappa shape index (κ1) is 23.3. The molecule has 3 aliphatic carbocycles. The molecule has 1 saturated heterocycles. The molecule has 0 amide bonds. The monoisotopic (exact) mass is 483 g/mol. The SMILES string of the molecule is O=C(OCC(C(F)(F)F)S(=O)(=O)[O-])C1CCCCC1C(=O)OC1C2CC3C(=O)OC1C3C2. The van der Waals surface area contributed by atoms with Crippen LogP contribution in [0, 0.1) is 29.6 Å². The van der Waals surface area contributed by atoms with Gasteiger partial charge in [-0.1, -0.05) is 12.8 Å². The largest absolute Gasteiger partial charge is 0.747 e. The number of carbonyl (C=O) groups is 3. The molecule has 4 rings (SSSR count). The normalized spacial score (nSPS) is 37.1. The molecule has 2 bridgehead atoms. The van der Waals surface area contributed by atoms with Gasteiger partial charge in [-0.3, -0.25) is 14.4 Å². The molecule has 32 heavy (non-hydrogen) atoms. The van der Waals surface area contributed by atoms with Crippen LogP contribution in [0.4, 0.5) is 13.2 Å². The van der Waals surface area contributed by atoms with Crippen molar-refractivity contribution in [3.63, 3.8) is 0 Å². The van der Waals surface area contributed by atoms with E-state index < -0.39 is 64.1 Å². The predicted octanol–water partition coefficient (Wildman–Crippen LogP) is 1.31. The Hall–Kier alpha value is -1.89. The van der Waals surface area contributed by atoms with E-state index in [9.17, 15) is 40.5 Å². The Kier molecular flexibility index (Phi) is 5.93. The van der Waals surface area contributed by atoms with Gasteiger partial charge in [0.1, 0.15) is 28.9 Å². The maximum absolute atomic E-state index is 12.9. The Balaban J connectivity index is 1.40. The van der Waals surface area contributed by atoms with Crippen molar-refractivity contribution in [3.8, 4) is 0 Å². The molecule has 0 aromatic rings. The zero-order chi connectivity index (χ0) is 23.4. The highest BCUT2D eigenvalue weighted by Crippen LogP contribution is 2.55. The van der Waals surface area contributed by atoms with Gasteiger partial charge >= 0.3 is 24.1 Å². The second-order valence-corrected chi connectivity index (χ2v) is 10.5. The molecule has 8 atom stereocenters. The summed E-state index contributed by atoms with van der Waals surface area (Å²) in [4.78, 5) is 37.2. The van der Waals surface area contributed by atoms with Gasteiger partial charge in [-0.05, 0) is 25.7 Å². The summed E-state index contributed by atoms with van der Waals surface area (Å²) >= 11 is 0. The smallest absolute Gasteiger partial charge is 0.407 e. The molecule has 13 heteroatoms. The standard InChI is InChI=1S/C19H23F3O9S/c20-19(21,22)13(32(26,27)28)7-29-16(23)9-3-1-2-4-10(9)17(24)30-14-8-5-11-12(6-8)18(25)31-15(11)14/h8-15H,1-7H2,(H,26,27,28)/p-1. The lowest BCUT2D eigenvalue weighted by Crippen LogP contribution is -2.43. The minimum atomic E-state index is -5.79. The second kappa shape index (κ2) is 8.15. The lowest BCUT2D eigenvalue weighted by Gasteiger charge is -2.32. The number of hydrogen-bond donors (Lipinski definition) is 0. The molecule has 4 aliphatic rings. The van der Waals surface area contributed by atoms with E-state index in [1.54, 1.807) is 0 Å². The van der Waals surface area contributed by atoms with E-state index in [1.807, 2.05) is 0 Å². The average molecular weight is 483 g/mol. The van der Waals surface area contributed by atoms with Gasteiger partial charge in [-0.2, -0.15) is 13.2 Å². The summed E-state index contributed by atoms with van der Waals surface area (Å²) in [6.07, 6.45) is -3.76. The van der Waals surface area contributed by atoms with E-state index in [2.05, 4.69) is 4.74 Å². The van der Waals surface area contributed by atoms with Crippen LogP contribution in [0.25, 0.3) is 0 Å². The molecule has 4 fully saturated rings. The molecular weight excluding hydrogens is 461 g/mol. The lowest BCUT2D eigenvalue weighted by molar-refractivity contribution is -0.175. The maximum Gasteiger partial charge on any atom is 0.407 e. The van der Waals surface area contributed by atoms with E-state index >= 15 is 0 Å². The summed E-state index contributed by atoms with van der Waals surface area (Å²) in [6, 6.07) is 0. The zero-order valence-corrected chi connectivity index (χ0v) is 17.6. The molecule has 8 unspecified atom stereocenters. The number of halogens is 3. The van der Waals surface area contributed by atoms with Gasteiger partial charge in [-0.25, -0.2) is 8.42 Å². The van der Waals surface area contributed by atoms with Gasteiger partial charge < -0.3 is 18.8 Å². The van der Waals surface area contributed by atoms with Crippen molar-refractivity contribution in [3.05, 3.63) is 0 Å². The van der Waals surface area contributed by atoms with Crippen molar-refractivity contribution in [2.45, 2.75) is 62.2 Å². The van der Waals surface area contributed by atoms with Crippen LogP contribution in [0.5, 0.6) is 0 Å². The summed E-state index contributed by atoms with van der Waals surface area (Å²) < 4.78 is 86.7. The number of rotatable bonds is 6. The fourth-order valence-electron chi connectivity index (χ4n) is 5.59. The van der Waals surface area contributed by atoms with E-state index in [1.165, 1.54) is 0 Å². The molecule has 1 heterocycles. The van der Waals surface area contributed by atoms with E-state index in [0.29, 0.717) is 25.7 Å². The predicted molar refractivity (Wildman–Crippen MR) is 95.4 cm³/mol. The second-order valence-electron chi connectivity index (χ2n) is 8.96. The minimum Gasteiger partial charge on any atom is -0.747 e. The first-order valence-electron chi connectivity index (χ1n) is 10.5. The number of hydrogen-bond acceptors (Lipinski definition) is 9. The summed E-state index contributed by atoms with van der Waals surface area (Å²) in [7, 11) is -5.79. The Morgan fingerprint density at radius 2 is 1.75 bits per heavy atom. The highest BCUT2D eigenvalue weighted by atomic mass is 32.2. The Labute approximate surface area is 181 Å². The van der Waals surface area contributed by atoms with Crippen LogP contribution in [-0.2, 0) is 38.7 Å². The van der Waals surface area contributed by atoms with Crippen LogP contribution in [0.2, 0.25) is 0 Å². The molecule has 0 aromatic carbocycles. The highest BCUT2D eigenvalue weighted by molar-refractivity contribution is 7.86. The third kappa shape index (κ3) is 4.20. The molecule has 180 valence electrons. The number of esters is 3. The number of ether oxygens (including phenoxy) is 3. The van der Waals surface area contributed by atoms with Gasteiger partial charge in [0.2, 0.25) is 0 Å². The van der Waals surface area contributed by atoms with Crippen molar-refractivity contribution in [1.29, 1.82) is 0 Å². The molecule has 3 saturated carbocycles. The van der Waals surface area contributed by atoms with Gasteiger partial charge in [0.15, 0.2) is 5.25 Å². The van der Waals surface area contributed by atoms with Crippen LogP contribution < -0.4 is 0 Å². The quantitative estimate of drug-likeness (QED) is 0.311. The molecule has 0 aromatic heterocycles. The van der Waals surface area contributed by atoms with Crippen LogP contribution in [-0.4, -0.2) is 61.1 Å². The number of fused-ring (bicyclic) bond motifs is 1. The first-order chi connectivity index (χ1) is 14.9. The highest BCUT2D eigenvalue weighted by Gasteiger charge is 2.63. The third-order valence-electron chi connectivity index (χ3n) is 7.13. The molecule has 0 radical (unpaired) electrons. The summed E-state index contributed by atoms with van der Waals surface area (Å²) in [5.74, 6) is -4.46. The van der Waals surface area contributed by atoms with Crippen molar-refractivity contribution < 1.29 is 54.7 Å². The van der Waals surface area contributed by atoms with Crippen molar-refractivity contribution >= 4 is 28.0 Å². The van der Waals surface area contributed by atoms with Gasteiger partial charge in [0.05, 0.1) is 17.8 Å². The fraction of sp³-hybridized carbons (Fsp3) is 0.842. The fourth-order valence-corrected chi connectivity index (χ4v) is 6.15. The third-order valence-corrected chi connectivity index (χ3v) is 8.23. The zero-order valence-electron chi connectivity index (χ0n) is 16.8. The van der Waals surface area contributed by atoms with Crippen molar-refractivity contribution in [2.24, 2.45) is 29.6 Å². The van der Waals surface area contributed by atoms with Gasteiger partial charge in [-0.15, -0.1) is 0 Å². The van der Waals surface area contributed by atoms with Crippen LogP contribution in [0.1, 0.15) is 38.5 Å². The van der Waals surface area contributed by atoms with Crippen molar-refractivity contribution in [1.82, 2.24) is 0 Å². The molecule has 9 nitrogen and oxygen atoms in total. The molecule has 0 spiro atoms. The van der Waals surface area contributed by atoms with Crippen LogP contribution >= 0.6 is 0 Å². The van der Waals surface area contributed by atoms with Crippen LogP contribution in [0.3, 0.4) is 0 Å². The Morgan fingerprint density at radius 1 is 1.12 bits per heavy atom. The molecular formula is C19H22F3O9S-. The minimum absolute atomic E-state index is 0.00533. The molecule has 0 N–H and O–H groups in total. The first-order valence-corrected chi connectivity index (χ1v) is 11.9. The lowest BCUT2D eigenvalue weighted by atomic mass is 9.79. The van der Waals surface area contributed by atoms with Gasteiger partial charge in [0.25, 0.3) is 0 Å². The van der Waals surface area contributed by atoms with Gasteiger partial charge in [0, 0.05) is 11.8 Å². The maximum atomic E-state index is 12.9. The average Bonchev–Trinajstić information content (AvgIpc) is 3.31. The van der Waals surface area contributed by atoms with E-state index in [0.717, 1.165) is 0 Å². The summed E-state index contributed by atoms with van der Waals surface area (Å²) in [5, 5.41) is -3.38. The number of alkyl halides is 3. The van der Waals surface area contributed by atoms with E-state index in [4.69, 9.17) is 9.47 Å². The summed E-state index contributed by atoms with van der Waals surface area (Å²) in [6.45, 7) is -1.67.